The maximum absolute atomic E-state index is 11.2. The normalized spacial score (nSPS) is 14.7. The second-order valence-corrected chi connectivity index (χ2v) is 5.99. The molecule has 0 aromatic heterocycles. The lowest BCUT2D eigenvalue weighted by Gasteiger charge is -2.41. The van der Waals surface area contributed by atoms with E-state index < -0.39 is 11.9 Å². The second-order valence-electron chi connectivity index (χ2n) is 5.99. The molecule has 0 spiro atoms. The van der Waals surface area contributed by atoms with Crippen LogP contribution in [0.1, 0.15) is 52.9 Å². The van der Waals surface area contributed by atoms with Crippen molar-refractivity contribution in [2.75, 3.05) is 26.2 Å². The van der Waals surface area contributed by atoms with E-state index in [1.807, 2.05) is 13.0 Å². The molecular formula is C17H33NO3. The molecular weight excluding hydrogens is 266 g/mol. The summed E-state index contributed by atoms with van der Waals surface area (Å²) in [7, 11) is 0. The molecule has 0 heterocycles. The van der Waals surface area contributed by atoms with Gasteiger partial charge in [-0.05, 0) is 39.5 Å². The van der Waals surface area contributed by atoms with Crippen LogP contribution < -0.4 is 5.11 Å². The molecule has 0 aliphatic rings. The third-order valence-electron chi connectivity index (χ3n) is 4.57. The number of nitrogens with zero attached hydrogens (tertiary/aromatic N) is 1. The molecule has 0 saturated heterocycles. The number of aliphatic hydroxyl groups excluding tert-OH is 1. The third-order valence-corrected chi connectivity index (χ3v) is 4.57. The number of likely N-dealkylation sites (N-methyl/N-ethyl adjacent to an activating group) is 1. The molecule has 0 rings (SSSR count). The third kappa shape index (κ3) is 7.63. The number of aliphatic hydroxyl groups is 1. The molecule has 0 fully saturated rings. The van der Waals surface area contributed by atoms with Crippen LogP contribution in [-0.4, -0.2) is 47.8 Å². The van der Waals surface area contributed by atoms with E-state index in [9.17, 15) is 15.0 Å². The van der Waals surface area contributed by atoms with E-state index in [4.69, 9.17) is 0 Å². The summed E-state index contributed by atoms with van der Waals surface area (Å²) < 4.78 is 0.648. The maximum atomic E-state index is 11.2. The van der Waals surface area contributed by atoms with E-state index in [0.717, 1.165) is 38.8 Å². The fourth-order valence-corrected chi connectivity index (χ4v) is 2.86. The predicted octanol–water partition coefficient (Wildman–Crippen LogP) is 1.73. The van der Waals surface area contributed by atoms with Crippen LogP contribution >= 0.6 is 0 Å². The lowest BCUT2D eigenvalue weighted by Crippen LogP contribution is -2.56. The summed E-state index contributed by atoms with van der Waals surface area (Å²) in [5.41, 5.74) is 0. The Morgan fingerprint density at radius 1 is 1.24 bits per heavy atom. The van der Waals surface area contributed by atoms with Gasteiger partial charge in [0.1, 0.15) is 12.6 Å². The van der Waals surface area contributed by atoms with Gasteiger partial charge in [-0.1, -0.05) is 19.4 Å². The van der Waals surface area contributed by atoms with Gasteiger partial charge in [0.2, 0.25) is 0 Å². The zero-order valence-corrected chi connectivity index (χ0v) is 14.0. The molecule has 0 aliphatic carbocycles. The summed E-state index contributed by atoms with van der Waals surface area (Å²) in [6.45, 7) is 12.6. The van der Waals surface area contributed by atoms with Crippen molar-refractivity contribution in [1.82, 2.24) is 0 Å². The van der Waals surface area contributed by atoms with Crippen LogP contribution in [0.5, 0.6) is 0 Å². The van der Waals surface area contributed by atoms with E-state index in [1.54, 1.807) is 0 Å². The number of carbonyl (C=O) groups is 1. The molecule has 0 aromatic carbocycles. The Morgan fingerprint density at radius 3 is 2.29 bits per heavy atom. The number of carbonyl (C=O) groups excluding carboxylic acids is 1. The van der Waals surface area contributed by atoms with Gasteiger partial charge in [-0.15, -0.1) is 6.58 Å². The van der Waals surface area contributed by atoms with Crippen molar-refractivity contribution in [3.63, 3.8) is 0 Å². The number of allylic oxidation sites excluding steroid dienone is 1. The minimum absolute atomic E-state index is 0.367. The fraction of sp³-hybridized carbons (Fsp3) is 0.824. The first-order valence-electron chi connectivity index (χ1n) is 8.29. The maximum Gasteiger partial charge on any atom is 0.105 e. The van der Waals surface area contributed by atoms with E-state index in [2.05, 4.69) is 20.4 Å². The number of carboxylic acid groups (broad SMARTS) is 1. The Labute approximate surface area is 130 Å². The van der Waals surface area contributed by atoms with Crippen LogP contribution in [0.4, 0.5) is 0 Å². The molecule has 4 nitrogen and oxygen atoms in total. The molecule has 2 atom stereocenters. The average Bonchev–Trinajstić information content (AvgIpc) is 2.47. The van der Waals surface area contributed by atoms with Gasteiger partial charge < -0.3 is 19.5 Å². The zero-order chi connectivity index (χ0) is 16.3. The standard InChI is InChI=1S/C17H33NO3/c1-5-9-10-11-12-16(19)14-18(7-3,8-4)13-15(6-2)17(20)21/h5,15-16,19H,1,6-14H2,2-4H3. The van der Waals surface area contributed by atoms with Gasteiger partial charge in [-0.3, -0.25) is 0 Å². The fourth-order valence-electron chi connectivity index (χ4n) is 2.86. The summed E-state index contributed by atoms with van der Waals surface area (Å²) in [5, 5.41) is 21.4. The van der Waals surface area contributed by atoms with Crippen LogP contribution in [-0.2, 0) is 4.79 Å². The molecule has 0 aromatic rings. The number of hydrogen-bond acceptors (Lipinski definition) is 3. The molecule has 124 valence electrons. The van der Waals surface area contributed by atoms with Crippen molar-refractivity contribution in [2.24, 2.45) is 5.92 Å². The Kier molecular flexibility index (Phi) is 10.4. The molecule has 2 unspecified atom stereocenters. The van der Waals surface area contributed by atoms with E-state index in [1.165, 1.54) is 0 Å². The van der Waals surface area contributed by atoms with Gasteiger partial charge in [-0.25, -0.2) is 0 Å². The van der Waals surface area contributed by atoms with E-state index in [-0.39, 0.29) is 6.10 Å². The Hall–Kier alpha value is -0.870. The molecule has 21 heavy (non-hydrogen) atoms. The monoisotopic (exact) mass is 299 g/mol. The summed E-state index contributed by atoms with van der Waals surface area (Å²) in [6, 6.07) is 0. The summed E-state index contributed by atoms with van der Waals surface area (Å²) in [5.74, 6) is -1.40. The molecule has 0 bridgehead atoms. The van der Waals surface area contributed by atoms with Crippen molar-refractivity contribution < 1.29 is 19.5 Å². The van der Waals surface area contributed by atoms with Gasteiger partial charge in [0.25, 0.3) is 0 Å². The highest BCUT2D eigenvalue weighted by Crippen LogP contribution is 2.17. The number of quaternary nitrogens is 1. The highest BCUT2D eigenvalue weighted by Gasteiger charge is 2.30. The van der Waals surface area contributed by atoms with Gasteiger partial charge in [0.15, 0.2) is 0 Å². The van der Waals surface area contributed by atoms with Crippen LogP contribution in [0, 0.1) is 5.92 Å². The number of hydrogen-bond donors (Lipinski definition) is 1. The zero-order valence-electron chi connectivity index (χ0n) is 14.0. The van der Waals surface area contributed by atoms with Gasteiger partial charge in [0, 0.05) is 5.92 Å². The van der Waals surface area contributed by atoms with Crippen molar-refractivity contribution in [1.29, 1.82) is 0 Å². The van der Waals surface area contributed by atoms with Gasteiger partial charge in [0.05, 0.1) is 25.6 Å². The van der Waals surface area contributed by atoms with E-state index in [0.29, 0.717) is 24.0 Å². The van der Waals surface area contributed by atoms with Crippen molar-refractivity contribution >= 4 is 5.97 Å². The second kappa shape index (κ2) is 10.8. The van der Waals surface area contributed by atoms with Crippen LogP contribution in [0.15, 0.2) is 12.7 Å². The lowest BCUT2D eigenvalue weighted by molar-refractivity contribution is -0.930. The first kappa shape index (κ1) is 20.1. The number of carboxylic acids is 1. The summed E-state index contributed by atoms with van der Waals surface area (Å²) in [4.78, 5) is 11.2. The van der Waals surface area contributed by atoms with Crippen LogP contribution in [0.3, 0.4) is 0 Å². The number of unbranched alkanes of at least 4 members (excludes halogenated alkanes) is 2. The highest BCUT2D eigenvalue weighted by molar-refractivity contribution is 5.67. The number of rotatable bonds is 13. The Morgan fingerprint density at radius 2 is 1.86 bits per heavy atom. The quantitative estimate of drug-likeness (QED) is 0.320. The Balaban J connectivity index is 4.56. The van der Waals surface area contributed by atoms with Crippen LogP contribution in [0.25, 0.3) is 0 Å². The summed E-state index contributed by atoms with van der Waals surface area (Å²) >= 11 is 0. The molecule has 1 N–H and O–H groups in total. The van der Waals surface area contributed by atoms with E-state index >= 15 is 0 Å². The van der Waals surface area contributed by atoms with Crippen molar-refractivity contribution in [2.45, 2.75) is 59.0 Å². The van der Waals surface area contributed by atoms with Gasteiger partial charge >= 0.3 is 0 Å². The minimum atomic E-state index is -0.970. The molecule has 0 amide bonds. The first-order chi connectivity index (χ1) is 9.94. The summed E-state index contributed by atoms with van der Waals surface area (Å²) in [6.07, 6.45) is 5.91. The molecule has 0 saturated carbocycles. The number of aliphatic carboxylic acids is 1. The average molecular weight is 299 g/mol. The SMILES string of the molecule is C=CCCCCC(O)C[N+](CC)(CC)CC(CC)C(=O)[O-]. The van der Waals surface area contributed by atoms with Crippen molar-refractivity contribution in [3.05, 3.63) is 12.7 Å². The smallest absolute Gasteiger partial charge is 0.105 e. The lowest BCUT2D eigenvalue weighted by atomic mass is 10.0. The first-order valence-corrected chi connectivity index (χ1v) is 8.29. The molecule has 0 radical (unpaired) electrons. The topological polar surface area (TPSA) is 60.4 Å². The highest BCUT2D eigenvalue weighted by atomic mass is 16.4. The minimum Gasteiger partial charge on any atom is -0.550 e. The molecule has 4 heteroatoms. The van der Waals surface area contributed by atoms with Crippen molar-refractivity contribution in [3.8, 4) is 0 Å². The predicted molar refractivity (Wildman–Crippen MR) is 84.5 cm³/mol. The Bertz CT molecular complexity index is 300. The van der Waals surface area contributed by atoms with Crippen LogP contribution in [0.2, 0.25) is 0 Å². The van der Waals surface area contributed by atoms with Gasteiger partial charge in [-0.2, -0.15) is 0 Å². The molecule has 0 aliphatic heterocycles. The largest absolute Gasteiger partial charge is 0.550 e.